The summed E-state index contributed by atoms with van der Waals surface area (Å²) in [5.41, 5.74) is 11.9. The lowest BCUT2D eigenvalue weighted by molar-refractivity contribution is 0.275. The van der Waals surface area contributed by atoms with Gasteiger partial charge in [-0.3, -0.25) is 0 Å². The van der Waals surface area contributed by atoms with Crippen LogP contribution >= 0.6 is 0 Å². The van der Waals surface area contributed by atoms with Crippen LogP contribution in [0.15, 0.2) is 36.4 Å². The molecule has 0 amide bonds. The van der Waals surface area contributed by atoms with Gasteiger partial charge in [-0.15, -0.1) is 0 Å². The van der Waals surface area contributed by atoms with Gasteiger partial charge in [-0.05, 0) is 40.5 Å². The number of hydrogen-bond donors (Lipinski definition) is 3. The Kier molecular flexibility index (Phi) is 3.34. The highest BCUT2D eigenvalue weighted by Crippen LogP contribution is 2.32. The van der Waals surface area contributed by atoms with Gasteiger partial charge in [0, 0.05) is 24.5 Å². The summed E-state index contributed by atoms with van der Waals surface area (Å²) in [6.07, 6.45) is 0. The molecule has 0 atom stereocenters. The molecule has 4 nitrogen and oxygen atoms in total. The van der Waals surface area contributed by atoms with Crippen LogP contribution in [0, 0.1) is 0 Å². The van der Waals surface area contributed by atoms with Gasteiger partial charge < -0.3 is 20.8 Å². The Morgan fingerprint density at radius 3 is 2.30 bits per heavy atom. The minimum absolute atomic E-state index is 0.0240. The minimum atomic E-state index is -0.0240. The molecule has 104 valence electrons. The molecule has 1 heterocycles. The average molecular weight is 270 g/mol. The molecule has 0 aliphatic carbocycles. The van der Waals surface area contributed by atoms with Crippen LogP contribution in [0.4, 0.5) is 11.4 Å². The second-order valence-corrected chi connectivity index (χ2v) is 5.16. The van der Waals surface area contributed by atoms with E-state index in [0.717, 1.165) is 35.6 Å². The Morgan fingerprint density at radius 1 is 1.00 bits per heavy atom. The lowest BCUT2D eigenvalue weighted by atomic mass is 10.1. The zero-order valence-electron chi connectivity index (χ0n) is 11.2. The SMILES string of the molecule is Nc1cccc2c1CN(c1cc(CO)cc(CO)c1)C2. The van der Waals surface area contributed by atoms with E-state index in [9.17, 15) is 10.2 Å². The van der Waals surface area contributed by atoms with E-state index in [2.05, 4.69) is 11.0 Å². The van der Waals surface area contributed by atoms with E-state index < -0.39 is 0 Å². The molecule has 0 saturated carbocycles. The third-order valence-corrected chi connectivity index (χ3v) is 3.79. The van der Waals surface area contributed by atoms with Gasteiger partial charge in [0.15, 0.2) is 0 Å². The summed E-state index contributed by atoms with van der Waals surface area (Å²) in [7, 11) is 0. The van der Waals surface area contributed by atoms with E-state index in [1.165, 1.54) is 11.1 Å². The maximum atomic E-state index is 9.32. The lowest BCUT2D eigenvalue weighted by Gasteiger charge is -2.19. The standard InChI is InChI=1S/C16H18N2O2/c17-16-3-1-2-13-7-18(8-15(13)16)14-5-11(9-19)4-12(6-14)10-20/h1-6,19-20H,7-10,17H2. The molecule has 1 aliphatic heterocycles. The molecule has 1 aliphatic rings. The Hall–Kier alpha value is -2.04. The van der Waals surface area contributed by atoms with Crippen molar-refractivity contribution in [3.8, 4) is 0 Å². The maximum absolute atomic E-state index is 9.32. The predicted octanol–water partition coefficient (Wildman–Crippen LogP) is 1.77. The van der Waals surface area contributed by atoms with Crippen LogP contribution in [0.25, 0.3) is 0 Å². The van der Waals surface area contributed by atoms with Gasteiger partial charge >= 0.3 is 0 Å². The van der Waals surface area contributed by atoms with Crippen molar-refractivity contribution in [2.75, 3.05) is 10.6 Å². The van der Waals surface area contributed by atoms with Gasteiger partial charge in [0.2, 0.25) is 0 Å². The summed E-state index contributed by atoms with van der Waals surface area (Å²) in [4.78, 5) is 2.21. The normalized spacial score (nSPS) is 13.6. The molecule has 2 aromatic carbocycles. The van der Waals surface area contributed by atoms with E-state index >= 15 is 0 Å². The van der Waals surface area contributed by atoms with Crippen LogP contribution in [0.3, 0.4) is 0 Å². The first-order valence-electron chi connectivity index (χ1n) is 6.67. The minimum Gasteiger partial charge on any atom is -0.398 e. The monoisotopic (exact) mass is 270 g/mol. The smallest absolute Gasteiger partial charge is 0.0682 e. The number of nitrogen functional groups attached to an aromatic ring is 1. The summed E-state index contributed by atoms with van der Waals surface area (Å²) < 4.78 is 0. The van der Waals surface area contributed by atoms with Crippen molar-refractivity contribution in [1.29, 1.82) is 0 Å². The number of aliphatic hydroxyl groups is 2. The zero-order chi connectivity index (χ0) is 14.1. The molecule has 20 heavy (non-hydrogen) atoms. The molecule has 0 radical (unpaired) electrons. The fourth-order valence-electron chi connectivity index (χ4n) is 2.74. The molecule has 0 spiro atoms. The Morgan fingerprint density at radius 2 is 1.70 bits per heavy atom. The van der Waals surface area contributed by atoms with Crippen molar-refractivity contribution in [3.63, 3.8) is 0 Å². The quantitative estimate of drug-likeness (QED) is 0.744. The van der Waals surface area contributed by atoms with Crippen LogP contribution in [0.5, 0.6) is 0 Å². The molecule has 0 bridgehead atoms. The van der Waals surface area contributed by atoms with Crippen LogP contribution in [-0.4, -0.2) is 10.2 Å². The van der Waals surface area contributed by atoms with E-state index in [1.807, 2.05) is 30.3 Å². The highest BCUT2D eigenvalue weighted by Gasteiger charge is 2.21. The van der Waals surface area contributed by atoms with Crippen molar-refractivity contribution < 1.29 is 10.2 Å². The predicted molar refractivity (Wildman–Crippen MR) is 79.0 cm³/mol. The van der Waals surface area contributed by atoms with E-state index in [4.69, 9.17) is 5.73 Å². The van der Waals surface area contributed by atoms with Crippen LogP contribution in [-0.2, 0) is 26.3 Å². The molecule has 0 fully saturated rings. The zero-order valence-corrected chi connectivity index (χ0v) is 11.2. The summed E-state index contributed by atoms with van der Waals surface area (Å²) in [5.74, 6) is 0. The number of benzene rings is 2. The fourth-order valence-corrected chi connectivity index (χ4v) is 2.74. The molecule has 0 aromatic heterocycles. The number of hydrogen-bond acceptors (Lipinski definition) is 4. The van der Waals surface area contributed by atoms with Crippen LogP contribution in [0.1, 0.15) is 22.3 Å². The van der Waals surface area contributed by atoms with Crippen LogP contribution in [0.2, 0.25) is 0 Å². The van der Waals surface area contributed by atoms with E-state index in [0.29, 0.717) is 0 Å². The lowest BCUT2D eigenvalue weighted by Crippen LogP contribution is -2.15. The number of aliphatic hydroxyl groups excluding tert-OH is 2. The molecular weight excluding hydrogens is 252 g/mol. The molecular formula is C16H18N2O2. The van der Waals surface area contributed by atoms with Crippen molar-refractivity contribution in [3.05, 3.63) is 58.7 Å². The Balaban J connectivity index is 1.94. The number of nitrogens with zero attached hydrogens (tertiary/aromatic N) is 1. The number of anilines is 2. The molecule has 4 N–H and O–H groups in total. The highest BCUT2D eigenvalue weighted by atomic mass is 16.3. The van der Waals surface area contributed by atoms with Crippen molar-refractivity contribution in [1.82, 2.24) is 0 Å². The fraction of sp³-hybridized carbons (Fsp3) is 0.250. The van der Waals surface area contributed by atoms with Crippen LogP contribution < -0.4 is 10.6 Å². The highest BCUT2D eigenvalue weighted by molar-refractivity contribution is 5.60. The molecule has 0 unspecified atom stereocenters. The molecule has 2 aromatic rings. The third kappa shape index (κ3) is 2.24. The number of nitrogens with two attached hydrogens (primary N) is 1. The number of fused-ring (bicyclic) bond motifs is 1. The van der Waals surface area contributed by atoms with Gasteiger partial charge in [0.05, 0.1) is 13.2 Å². The summed E-state index contributed by atoms with van der Waals surface area (Å²) in [6.45, 7) is 1.52. The first-order chi connectivity index (χ1) is 9.71. The average Bonchev–Trinajstić information content (AvgIpc) is 2.92. The van der Waals surface area contributed by atoms with Gasteiger partial charge in [0.25, 0.3) is 0 Å². The molecule has 3 rings (SSSR count). The first kappa shape index (κ1) is 13.0. The van der Waals surface area contributed by atoms with Gasteiger partial charge in [0.1, 0.15) is 0 Å². The van der Waals surface area contributed by atoms with Gasteiger partial charge in [-0.2, -0.15) is 0 Å². The second kappa shape index (κ2) is 5.15. The van der Waals surface area contributed by atoms with Crippen molar-refractivity contribution in [2.24, 2.45) is 0 Å². The van der Waals surface area contributed by atoms with E-state index in [1.54, 1.807) is 0 Å². The summed E-state index contributed by atoms with van der Waals surface area (Å²) >= 11 is 0. The second-order valence-electron chi connectivity index (χ2n) is 5.16. The first-order valence-corrected chi connectivity index (χ1v) is 6.67. The van der Waals surface area contributed by atoms with E-state index in [-0.39, 0.29) is 13.2 Å². The van der Waals surface area contributed by atoms with Crippen molar-refractivity contribution in [2.45, 2.75) is 26.3 Å². The summed E-state index contributed by atoms with van der Waals surface area (Å²) in [5, 5.41) is 18.6. The van der Waals surface area contributed by atoms with Crippen molar-refractivity contribution >= 4 is 11.4 Å². The number of rotatable bonds is 3. The largest absolute Gasteiger partial charge is 0.398 e. The topological polar surface area (TPSA) is 69.7 Å². The van der Waals surface area contributed by atoms with Gasteiger partial charge in [-0.1, -0.05) is 18.2 Å². The third-order valence-electron chi connectivity index (χ3n) is 3.79. The van der Waals surface area contributed by atoms with Gasteiger partial charge in [-0.25, -0.2) is 0 Å². The maximum Gasteiger partial charge on any atom is 0.0682 e. The Bertz CT molecular complexity index is 618. The Labute approximate surface area is 118 Å². The molecule has 4 heteroatoms. The summed E-state index contributed by atoms with van der Waals surface area (Å²) in [6, 6.07) is 11.7. The molecule has 0 saturated heterocycles.